The molecule has 0 atom stereocenters. The zero-order valence-electron chi connectivity index (χ0n) is 15.4. The molecule has 0 saturated carbocycles. The first-order valence-electron chi connectivity index (χ1n) is 8.45. The number of anilines is 2. The van der Waals surface area contributed by atoms with E-state index in [-0.39, 0.29) is 23.8 Å². The van der Waals surface area contributed by atoms with E-state index in [4.69, 9.17) is 0 Å². The van der Waals surface area contributed by atoms with Crippen LogP contribution in [0.4, 0.5) is 11.5 Å². The van der Waals surface area contributed by atoms with E-state index in [1.165, 1.54) is 6.92 Å². The van der Waals surface area contributed by atoms with Crippen molar-refractivity contribution in [2.24, 2.45) is 0 Å². The van der Waals surface area contributed by atoms with E-state index in [1.54, 1.807) is 41.3 Å². The fourth-order valence-electron chi connectivity index (χ4n) is 2.78. The van der Waals surface area contributed by atoms with Crippen LogP contribution in [0.2, 0.25) is 0 Å². The molecule has 0 radical (unpaired) electrons. The maximum atomic E-state index is 12.7. The zero-order chi connectivity index (χ0) is 19.6. The summed E-state index contributed by atoms with van der Waals surface area (Å²) < 4.78 is 1.16. The molecule has 7 nitrogen and oxygen atoms in total. The van der Waals surface area contributed by atoms with Crippen LogP contribution in [0.3, 0.4) is 0 Å². The summed E-state index contributed by atoms with van der Waals surface area (Å²) in [5.41, 5.74) is 0.793. The van der Waals surface area contributed by atoms with Crippen molar-refractivity contribution < 1.29 is 9.59 Å². The Morgan fingerprint density at radius 2 is 1.67 bits per heavy atom. The summed E-state index contributed by atoms with van der Waals surface area (Å²) in [7, 11) is 3.67. The molecule has 0 unspecified atom stereocenters. The summed E-state index contributed by atoms with van der Waals surface area (Å²) in [5.74, 6) is 0.194. The Morgan fingerprint density at radius 1 is 1.04 bits per heavy atom. The summed E-state index contributed by atoms with van der Waals surface area (Å²) in [6.07, 6.45) is 0. The standard InChI is InChI=1S/C20H20N4O3/c1-13(25)14-8-10-15(11-9-14)21-18(26)12-24-20(27)17-7-5-4-6-16(17)19(22-24)23(2)3/h4-11H,12H2,1-3H3,(H,21,26). The molecule has 2 aromatic carbocycles. The van der Waals surface area contributed by atoms with Crippen LogP contribution in [0, 0.1) is 0 Å². The summed E-state index contributed by atoms with van der Waals surface area (Å²) in [4.78, 5) is 38.2. The molecule has 1 N–H and O–H groups in total. The highest BCUT2D eigenvalue weighted by Crippen LogP contribution is 2.19. The third-order valence-corrected chi connectivity index (χ3v) is 4.14. The normalized spacial score (nSPS) is 10.6. The van der Waals surface area contributed by atoms with Gasteiger partial charge in [-0.3, -0.25) is 14.4 Å². The molecule has 0 saturated heterocycles. The van der Waals surface area contributed by atoms with Gasteiger partial charge in [0.2, 0.25) is 5.91 Å². The Morgan fingerprint density at radius 3 is 2.26 bits per heavy atom. The van der Waals surface area contributed by atoms with Crippen molar-refractivity contribution >= 4 is 34.0 Å². The molecule has 3 aromatic rings. The molecule has 0 bridgehead atoms. The summed E-state index contributed by atoms with van der Waals surface area (Å²) in [6.45, 7) is 1.27. The number of amides is 1. The number of aromatic nitrogens is 2. The monoisotopic (exact) mass is 364 g/mol. The van der Waals surface area contributed by atoms with Crippen LogP contribution in [0.1, 0.15) is 17.3 Å². The maximum absolute atomic E-state index is 12.7. The van der Waals surface area contributed by atoms with Crippen LogP contribution in [-0.4, -0.2) is 35.6 Å². The number of hydrogen-bond donors (Lipinski definition) is 1. The molecule has 0 spiro atoms. The molecule has 27 heavy (non-hydrogen) atoms. The molecule has 1 aromatic heterocycles. The summed E-state index contributed by atoms with van der Waals surface area (Å²) in [6, 6.07) is 13.8. The zero-order valence-corrected chi connectivity index (χ0v) is 15.4. The number of fused-ring (bicyclic) bond motifs is 1. The van der Waals surface area contributed by atoms with E-state index in [1.807, 2.05) is 26.2 Å². The maximum Gasteiger partial charge on any atom is 0.275 e. The van der Waals surface area contributed by atoms with Crippen molar-refractivity contribution in [2.45, 2.75) is 13.5 Å². The van der Waals surface area contributed by atoms with E-state index < -0.39 is 0 Å². The predicted octanol–water partition coefficient (Wildman–Crippen LogP) is 2.30. The molecule has 1 heterocycles. The highest BCUT2D eigenvalue weighted by Gasteiger charge is 2.14. The largest absolute Gasteiger partial charge is 0.361 e. The van der Waals surface area contributed by atoms with Crippen molar-refractivity contribution in [1.82, 2.24) is 9.78 Å². The molecule has 1 amide bonds. The number of carbonyl (C=O) groups is 2. The number of ketones is 1. The molecule has 0 aliphatic carbocycles. The number of benzene rings is 2. The average molecular weight is 364 g/mol. The Hall–Kier alpha value is -3.48. The minimum atomic E-state index is -0.375. The topological polar surface area (TPSA) is 84.3 Å². The van der Waals surface area contributed by atoms with E-state index >= 15 is 0 Å². The third-order valence-electron chi connectivity index (χ3n) is 4.14. The first kappa shape index (κ1) is 18.3. The number of rotatable bonds is 5. The molecule has 138 valence electrons. The highest BCUT2D eigenvalue weighted by molar-refractivity contribution is 5.96. The van der Waals surface area contributed by atoms with Gasteiger partial charge in [0, 0.05) is 30.7 Å². The van der Waals surface area contributed by atoms with E-state index in [2.05, 4.69) is 10.4 Å². The lowest BCUT2D eigenvalue weighted by Gasteiger charge is -2.16. The summed E-state index contributed by atoms with van der Waals surface area (Å²) >= 11 is 0. The van der Waals surface area contributed by atoms with Crippen LogP contribution < -0.4 is 15.8 Å². The minimum Gasteiger partial charge on any atom is -0.361 e. The van der Waals surface area contributed by atoms with Gasteiger partial charge in [0.1, 0.15) is 6.54 Å². The van der Waals surface area contributed by atoms with Gasteiger partial charge >= 0.3 is 0 Å². The smallest absolute Gasteiger partial charge is 0.275 e. The lowest BCUT2D eigenvalue weighted by atomic mass is 10.1. The lowest BCUT2D eigenvalue weighted by Crippen LogP contribution is -2.31. The van der Waals surface area contributed by atoms with Gasteiger partial charge in [0.25, 0.3) is 5.56 Å². The van der Waals surface area contributed by atoms with Gasteiger partial charge in [0.05, 0.1) is 5.39 Å². The second-order valence-corrected chi connectivity index (χ2v) is 6.41. The van der Waals surface area contributed by atoms with Crippen molar-refractivity contribution in [3.05, 3.63) is 64.4 Å². The van der Waals surface area contributed by atoms with Gasteiger partial charge in [-0.15, -0.1) is 0 Å². The van der Waals surface area contributed by atoms with Crippen LogP contribution in [0.25, 0.3) is 10.8 Å². The van der Waals surface area contributed by atoms with Crippen molar-refractivity contribution in [3.63, 3.8) is 0 Å². The highest BCUT2D eigenvalue weighted by atomic mass is 16.2. The molecular formula is C20H20N4O3. The first-order chi connectivity index (χ1) is 12.9. The van der Waals surface area contributed by atoms with Gasteiger partial charge in [-0.1, -0.05) is 18.2 Å². The Kier molecular flexibility index (Phi) is 5.03. The van der Waals surface area contributed by atoms with Crippen LogP contribution in [0.5, 0.6) is 0 Å². The van der Waals surface area contributed by atoms with Gasteiger partial charge in [-0.2, -0.15) is 5.10 Å². The summed E-state index contributed by atoms with van der Waals surface area (Å²) in [5, 5.41) is 8.31. The first-order valence-corrected chi connectivity index (χ1v) is 8.45. The Labute approximate surface area is 156 Å². The Bertz CT molecular complexity index is 1070. The molecule has 0 aliphatic rings. The predicted molar refractivity (Wildman–Crippen MR) is 105 cm³/mol. The number of hydrogen-bond acceptors (Lipinski definition) is 5. The van der Waals surface area contributed by atoms with Crippen LogP contribution in [0.15, 0.2) is 53.3 Å². The second kappa shape index (κ2) is 7.41. The molecule has 0 aliphatic heterocycles. The number of nitrogens with zero attached hydrogens (tertiary/aromatic N) is 3. The van der Waals surface area contributed by atoms with E-state index in [0.717, 1.165) is 10.1 Å². The van der Waals surface area contributed by atoms with Crippen molar-refractivity contribution in [3.8, 4) is 0 Å². The van der Waals surface area contributed by atoms with Gasteiger partial charge in [-0.25, -0.2) is 4.68 Å². The number of nitrogens with one attached hydrogen (secondary N) is 1. The fourth-order valence-corrected chi connectivity index (χ4v) is 2.78. The van der Waals surface area contributed by atoms with Crippen molar-refractivity contribution in [1.29, 1.82) is 0 Å². The van der Waals surface area contributed by atoms with Crippen LogP contribution in [-0.2, 0) is 11.3 Å². The molecular weight excluding hydrogens is 344 g/mol. The average Bonchev–Trinajstić information content (AvgIpc) is 2.64. The fraction of sp³-hybridized carbons (Fsp3) is 0.200. The van der Waals surface area contributed by atoms with Gasteiger partial charge < -0.3 is 10.2 Å². The van der Waals surface area contributed by atoms with Crippen LogP contribution >= 0.6 is 0 Å². The molecule has 0 fully saturated rings. The Balaban J connectivity index is 1.87. The number of Topliss-reactive ketones (excluding diaryl/α,β-unsaturated/α-hetero) is 1. The molecule has 3 rings (SSSR count). The van der Waals surface area contributed by atoms with Gasteiger partial charge in [-0.05, 0) is 37.3 Å². The second-order valence-electron chi connectivity index (χ2n) is 6.41. The quantitative estimate of drug-likeness (QED) is 0.702. The number of carbonyl (C=O) groups excluding carboxylic acids is 2. The third kappa shape index (κ3) is 3.87. The van der Waals surface area contributed by atoms with Gasteiger partial charge in [0.15, 0.2) is 11.6 Å². The minimum absolute atomic E-state index is 0.0454. The molecule has 7 heteroatoms. The van der Waals surface area contributed by atoms with Crippen molar-refractivity contribution in [2.75, 3.05) is 24.3 Å². The SMILES string of the molecule is CC(=O)c1ccc(NC(=O)Cn2nc(N(C)C)c3ccccc3c2=O)cc1. The van der Waals surface area contributed by atoms with E-state index in [9.17, 15) is 14.4 Å². The van der Waals surface area contributed by atoms with E-state index in [0.29, 0.717) is 22.5 Å². The lowest BCUT2D eigenvalue weighted by molar-refractivity contribution is -0.117.